The molecule has 3 heterocycles. The second-order valence-electron chi connectivity index (χ2n) is 13.6. The molecular formula is C38H40NO2S+. The Morgan fingerprint density at radius 2 is 1.71 bits per heavy atom. The monoisotopic (exact) mass is 574 g/mol. The zero-order chi connectivity index (χ0) is 29.3. The normalized spacial score (nSPS) is 19.7. The molecule has 2 aliphatic rings. The van der Waals surface area contributed by atoms with Gasteiger partial charge in [0.15, 0.2) is 12.2 Å². The number of benzene rings is 3. The summed E-state index contributed by atoms with van der Waals surface area (Å²) in [6, 6.07) is 22.7. The standard InChI is InChI=1S/C38H40NO2S/c1-22(2)15-26-21-42-34-12-11-23(16-29(26)34)24-13-14-39-32(17-24)30-19-31(38(3,4)5)27-9-7-8-10-28(27)36(30)35-25(20-41-6)18-33(40)37(35)39/h7-14,16-19,21-22,33,35,37,40H,15,20H2,1-6H3/q+1. The van der Waals surface area contributed by atoms with Crippen LogP contribution in [0.2, 0.25) is 0 Å². The summed E-state index contributed by atoms with van der Waals surface area (Å²) in [5.74, 6) is 0.676. The number of hydrogen-bond donors (Lipinski definition) is 1. The highest BCUT2D eigenvalue weighted by Crippen LogP contribution is 2.52. The fourth-order valence-electron chi connectivity index (χ4n) is 7.42. The Hall–Kier alpha value is -3.31. The van der Waals surface area contributed by atoms with Gasteiger partial charge in [-0.15, -0.1) is 11.3 Å². The van der Waals surface area contributed by atoms with Crippen molar-refractivity contribution in [3.63, 3.8) is 0 Å². The van der Waals surface area contributed by atoms with Crippen LogP contribution in [0.5, 0.6) is 0 Å². The maximum absolute atomic E-state index is 11.5. The zero-order valence-corrected chi connectivity index (χ0v) is 26.3. The van der Waals surface area contributed by atoms with E-state index in [2.05, 4.69) is 111 Å². The largest absolute Gasteiger partial charge is 0.382 e. The number of pyridine rings is 1. The lowest BCUT2D eigenvalue weighted by Gasteiger charge is -2.32. The quantitative estimate of drug-likeness (QED) is 0.168. The van der Waals surface area contributed by atoms with Crippen molar-refractivity contribution in [2.75, 3.05) is 13.7 Å². The molecule has 7 rings (SSSR count). The minimum absolute atomic E-state index is 0.0227. The minimum atomic E-state index is -0.579. The Kier molecular flexibility index (Phi) is 6.65. The Balaban J connectivity index is 1.48. The van der Waals surface area contributed by atoms with Crippen LogP contribution in [0.3, 0.4) is 0 Å². The topological polar surface area (TPSA) is 33.3 Å². The molecule has 3 atom stereocenters. The molecule has 2 aromatic heterocycles. The Bertz CT molecular complexity index is 1870. The van der Waals surface area contributed by atoms with Gasteiger partial charge >= 0.3 is 0 Å². The molecule has 0 saturated heterocycles. The number of hydrogen-bond acceptors (Lipinski definition) is 3. The summed E-state index contributed by atoms with van der Waals surface area (Å²) in [5, 5.41) is 17.8. The van der Waals surface area contributed by atoms with Gasteiger partial charge in [-0.1, -0.05) is 65.0 Å². The van der Waals surface area contributed by atoms with Crippen LogP contribution in [-0.2, 0) is 16.6 Å². The van der Waals surface area contributed by atoms with Gasteiger partial charge in [0.05, 0.1) is 18.1 Å². The van der Waals surface area contributed by atoms with Crippen molar-refractivity contribution in [3.05, 3.63) is 101 Å². The van der Waals surface area contributed by atoms with Crippen LogP contribution >= 0.6 is 11.3 Å². The van der Waals surface area contributed by atoms with Gasteiger partial charge in [-0.3, -0.25) is 0 Å². The maximum Gasteiger partial charge on any atom is 0.213 e. The molecule has 0 spiro atoms. The lowest BCUT2D eigenvalue weighted by molar-refractivity contribution is -0.721. The summed E-state index contributed by atoms with van der Waals surface area (Å²) in [7, 11) is 1.75. The first kappa shape index (κ1) is 27.5. The van der Waals surface area contributed by atoms with Crippen molar-refractivity contribution in [2.45, 2.75) is 64.5 Å². The number of aliphatic hydroxyl groups is 1. The van der Waals surface area contributed by atoms with Gasteiger partial charge < -0.3 is 9.84 Å². The zero-order valence-electron chi connectivity index (χ0n) is 25.4. The molecule has 0 radical (unpaired) electrons. The predicted octanol–water partition coefficient (Wildman–Crippen LogP) is 8.76. The number of aliphatic hydroxyl groups excluding tert-OH is 1. The van der Waals surface area contributed by atoms with Crippen molar-refractivity contribution in [2.24, 2.45) is 5.92 Å². The molecule has 3 unspecified atom stereocenters. The van der Waals surface area contributed by atoms with Gasteiger partial charge in [-0.25, -0.2) is 0 Å². The number of aromatic nitrogens is 1. The van der Waals surface area contributed by atoms with Gasteiger partial charge in [0, 0.05) is 23.9 Å². The molecule has 4 heteroatoms. The summed E-state index contributed by atoms with van der Waals surface area (Å²) >= 11 is 1.85. The number of rotatable bonds is 5. The highest BCUT2D eigenvalue weighted by Gasteiger charge is 2.50. The lowest BCUT2D eigenvalue weighted by Crippen LogP contribution is -2.50. The van der Waals surface area contributed by atoms with E-state index in [1.165, 1.54) is 59.9 Å². The van der Waals surface area contributed by atoms with Crippen LogP contribution in [-0.4, -0.2) is 24.9 Å². The molecule has 42 heavy (non-hydrogen) atoms. The first-order valence-corrected chi connectivity index (χ1v) is 16.0. The highest BCUT2D eigenvalue weighted by molar-refractivity contribution is 7.17. The Labute approximate surface area is 253 Å². The van der Waals surface area contributed by atoms with Gasteiger partial charge in [-0.05, 0) is 97.0 Å². The summed E-state index contributed by atoms with van der Waals surface area (Å²) in [5.41, 5.74) is 10.1. The lowest BCUT2D eigenvalue weighted by atomic mass is 9.74. The summed E-state index contributed by atoms with van der Waals surface area (Å²) in [6.45, 7) is 12.0. The van der Waals surface area contributed by atoms with Crippen LogP contribution in [0.25, 0.3) is 43.2 Å². The molecule has 1 N–H and O–H groups in total. The first-order valence-electron chi connectivity index (χ1n) is 15.2. The summed E-state index contributed by atoms with van der Waals surface area (Å²) in [4.78, 5) is 0. The fraction of sp³-hybridized carbons (Fsp3) is 0.342. The average Bonchev–Trinajstić information content (AvgIpc) is 3.51. The molecule has 0 fully saturated rings. The molecule has 5 aromatic rings. The van der Waals surface area contributed by atoms with E-state index >= 15 is 0 Å². The van der Waals surface area contributed by atoms with Crippen LogP contribution in [0, 0.1) is 5.92 Å². The van der Waals surface area contributed by atoms with Crippen molar-refractivity contribution in [1.29, 1.82) is 0 Å². The van der Waals surface area contributed by atoms with Crippen molar-refractivity contribution in [1.82, 2.24) is 0 Å². The molecule has 3 aromatic carbocycles. The van der Waals surface area contributed by atoms with Crippen LogP contribution in [0.4, 0.5) is 0 Å². The number of nitrogens with zero attached hydrogens (tertiary/aromatic N) is 1. The molecular weight excluding hydrogens is 534 g/mol. The molecule has 0 saturated carbocycles. The van der Waals surface area contributed by atoms with Crippen LogP contribution in [0.1, 0.15) is 63.3 Å². The third-order valence-electron chi connectivity index (χ3n) is 9.19. The number of methoxy groups -OCH3 is 1. The molecule has 0 bridgehead atoms. The summed E-state index contributed by atoms with van der Waals surface area (Å²) in [6.07, 6.45) is 4.75. The number of fused-ring (bicyclic) bond motifs is 9. The van der Waals surface area contributed by atoms with E-state index in [0.717, 1.165) is 12.0 Å². The average molecular weight is 575 g/mol. The molecule has 0 amide bonds. The van der Waals surface area contributed by atoms with Gasteiger partial charge in [-0.2, -0.15) is 4.57 Å². The molecule has 1 aliphatic heterocycles. The van der Waals surface area contributed by atoms with Crippen molar-refractivity contribution < 1.29 is 14.4 Å². The number of ether oxygens (including phenoxy) is 1. The smallest absolute Gasteiger partial charge is 0.213 e. The maximum atomic E-state index is 11.5. The van der Waals surface area contributed by atoms with Crippen molar-refractivity contribution in [3.8, 4) is 22.4 Å². The Morgan fingerprint density at radius 3 is 2.45 bits per heavy atom. The predicted molar refractivity (Wildman–Crippen MR) is 175 cm³/mol. The number of thiophene rings is 1. The Morgan fingerprint density at radius 1 is 0.952 bits per heavy atom. The van der Waals surface area contributed by atoms with E-state index in [0.29, 0.717) is 12.5 Å². The molecule has 1 aliphatic carbocycles. The third-order valence-corrected chi connectivity index (χ3v) is 10.2. The van der Waals surface area contributed by atoms with E-state index in [-0.39, 0.29) is 17.4 Å². The molecule has 3 nitrogen and oxygen atoms in total. The van der Waals surface area contributed by atoms with E-state index < -0.39 is 6.10 Å². The van der Waals surface area contributed by atoms with Crippen LogP contribution in [0.15, 0.2) is 83.9 Å². The summed E-state index contributed by atoms with van der Waals surface area (Å²) < 4.78 is 9.34. The van der Waals surface area contributed by atoms with E-state index in [9.17, 15) is 5.11 Å². The van der Waals surface area contributed by atoms with E-state index in [1.54, 1.807) is 7.11 Å². The van der Waals surface area contributed by atoms with Crippen molar-refractivity contribution >= 4 is 32.2 Å². The van der Waals surface area contributed by atoms with Gasteiger partial charge in [0.1, 0.15) is 6.10 Å². The van der Waals surface area contributed by atoms with Crippen LogP contribution < -0.4 is 4.57 Å². The molecule has 214 valence electrons. The third kappa shape index (κ3) is 4.35. The van der Waals surface area contributed by atoms with E-state index in [1.807, 2.05) is 17.4 Å². The minimum Gasteiger partial charge on any atom is -0.382 e. The van der Waals surface area contributed by atoms with E-state index in [4.69, 9.17) is 4.74 Å². The van der Waals surface area contributed by atoms with Gasteiger partial charge in [0.2, 0.25) is 5.69 Å². The highest BCUT2D eigenvalue weighted by atomic mass is 32.1. The second-order valence-corrected chi connectivity index (χ2v) is 14.5. The van der Waals surface area contributed by atoms with Gasteiger partial charge in [0.25, 0.3) is 0 Å². The SMILES string of the molecule is COCC1=CC(O)C2C1c1c(cc(C(C)(C)C)c3ccccc13)-c1cc(-c3ccc4scc(CC(C)C)c4c3)cc[n+]12. The fourth-order valence-corrected chi connectivity index (χ4v) is 8.37. The second kappa shape index (κ2) is 10.2. The first-order chi connectivity index (χ1) is 20.2.